The summed E-state index contributed by atoms with van der Waals surface area (Å²) in [5.41, 5.74) is 1.09. The molecule has 0 aromatic heterocycles. The molecule has 0 bridgehead atoms. The number of benzene rings is 1. The van der Waals surface area contributed by atoms with E-state index in [1.54, 1.807) is 7.05 Å². The van der Waals surface area contributed by atoms with Gasteiger partial charge in [0.1, 0.15) is 5.75 Å². The van der Waals surface area contributed by atoms with Crippen LogP contribution in [0.1, 0.15) is 44.1 Å². The molecule has 0 radical (unpaired) electrons. The summed E-state index contributed by atoms with van der Waals surface area (Å²) in [5.74, 6) is 1.50. The molecule has 0 heterocycles. The first-order chi connectivity index (χ1) is 12.2. The summed E-state index contributed by atoms with van der Waals surface area (Å²) in [6, 6.07) is 8.71. The third-order valence-electron chi connectivity index (χ3n) is 4.59. The maximum atomic E-state index is 11.7. The molecule has 26 heavy (non-hydrogen) atoms. The molecular weight excluding hydrogens is 443 g/mol. The lowest BCUT2D eigenvalue weighted by molar-refractivity contribution is -0.123. The highest BCUT2D eigenvalue weighted by Crippen LogP contribution is 2.19. The van der Waals surface area contributed by atoms with Gasteiger partial charge in [-0.1, -0.05) is 25.0 Å². The number of hydrogen-bond acceptors (Lipinski definition) is 3. The fraction of sp³-hybridized carbons (Fsp3) is 0.579. The largest absolute Gasteiger partial charge is 0.484 e. The Balaban J connectivity index is 0.00000243. The van der Waals surface area contributed by atoms with Gasteiger partial charge >= 0.3 is 0 Å². The third kappa shape index (κ3) is 7.01. The smallest absolute Gasteiger partial charge is 0.258 e. The van der Waals surface area contributed by atoms with Crippen LogP contribution in [0.15, 0.2) is 29.3 Å². The Morgan fingerprint density at radius 3 is 2.58 bits per heavy atom. The predicted octanol–water partition coefficient (Wildman–Crippen LogP) is 2.57. The van der Waals surface area contributed by atoms with Crippen LogP contribution in [0, 0.1) is 0 Å². The zero-order chi connectivity index (χ0) is 17.5. The monoisotopic (exact) mass is 472 g/mol. The van der Waals surface area contributed by atoms with Gasteiger partial charge in [-0.2, -0.15) is 0 Å². The zero-order valence-electron chi connectivity index (χ0n) is 15.3. The Kier molecular flexibility index (Phi) is 8.47. The molecule has 7 heteroatoms. The Morgan fingerprint density at radius 1 is 1.15 bits per heavy atom. The number of guanidine groups is 1. The van der Waals surface area contributed by atoms with Crippen molar-refractivity contribution in [3.05, 3.63) is 29.8 Å². The molecule has 2 fully saturated rings. The van der Waals surface area contributed by atoms with Crippen molar-refractivity contribution in [1.29, 1.82) is 0 Å². The number of aliphatic imine (C=N–C) groups is 1. The van der Waals surface area contributed by atoms with Crippen molar-refractivity contribution in [2.45, 2.75) is 57.2 Å². The predicted molar refractivity (Wildman–Crippen MR) is 114 cm³/mol. The lowest BCUT2D eigenvalue weighted by Gasteiger charge is -2.17. The Labute approximate surface area is 172 Å². The maximum absolute atomic E-state index is 11.7. The summed E-state index contributed by atoms with van der Waals surface area (Å²) in [7, 11) is 1.79. The van der Waals surface area contributed by atoms with E-state index >= 15 is 0 Å². The fourth-order valence-electron chi connectivity index (χ4n) is 3.04. The van der Waals surface area contributed by atoms with E-state index in [0.29, 0.717) is 24.4 Å². The molecule has 1 aromatic rings. The first-order valence-corrected chi connectivity index (χ1v) is 9.21. The number of rotatable bonds is 7. The van der Waals surface area contributed by atoms with Gasteiger partial charge in [0, 0.05) is 25.7 Å². The van der Waals surface area contributed by atoms with Gasteiger partial charge in [0.25, 0.3) is 5.91 Å². The van der Waals surface area contributed by atoms with E-state index in [4.69, 9.17) is 4.74 Å². The molecule has 2 saturated carbocycles. The van der Waals surface area contributed by atoms with Crippen molar-refractivity contribution >= 4 is 35.8 Å². The highest BCUT2D eigenvalue weighted by Gasteiger charge is 2.23. The van der Waals surface area contributed by atoms with Crippen LogP contribution in [0.3, 0.4) is 0 Å². The van der Waals surface area contributed by atoms with Gasteiger partial charge in [-0.3, -0.25) is 9.79 Å². The molecule has 0 unspecified atom stereocenters. The number of hydrogen-bond donors (Lipinski definition) is 3. The van der Waals surface area contributed by atoms with E-state index in [9.17, 15) is 4.79 Å². The summed E-state index contributed by atoms with van der Waals surface area (Å²) < 4.78 is 5.59. The Hall–Kier alpha value is -1.51. The molecule has 0 aliphatic heterocycles. The van der Waals surface area contributed by atoms with Crippen LogP contribution >= 0.6 is 24.0 Å². The van der Waals surface area contributed by atoms with Crippen molar-refractivity contribution in [1.82, 2.24) is 16.0 Å². The number of carbonyl (C=O) groups is 1. The van der Waals surface area contributed by atoms with Crippen molar-refractivity contribution in [2.24, 2.45) is 4.99 Å². The number of halogens is 1. The second-order valence-electron chi connectivity index (χ2n) is 6.83. The maximum Gasteiger partial charge on any atom is 0.258 e. The number of carbonyl (C=O) groups excluding carboxylic acids is 1. The minimum Gasteiger partial charge on any atom is -0.484 e. The van der Waals surface area contributed by atoms with Crippen molar-refractivity contribution < 1.29 is 9.53 Å². The van der Waals surface area contributed by atoms with Crippen LogP contribution in [0.4, 0.5) is 0 Å². The molecule has 1 amide bonds. The minimum absolute atomic E-state index is 0. The number of nitrogens with one attached hydrogen (secondary N) is 3. The molecule has 2 aliphatic rings. The van der Waals surface area contributed by atoms with Crippen LogP contribution in [0.2, 0.25) is 0 Å². The minimum atomic E-state index is -0.0489. The summed E-state index contributed by atoms with van der Waals surface area (Å²) in [6.07, 6.45) is 7.19. The third-order valence-corrected chi connectivity index (χ3v) is 4.59. The van der Waals surface area contributed by atoms with Crippen molar-refractivity contribution in [3.8, 4) is 5.75 Å². The van der Waals surface area contributed by atoms with Crippen molar-refractivity contribution in [3.63, 3.8) is 0 Å². The van der Waals surface area contributed by atoms with E-state index < -0.39 is 0 Å². The van der Waals surface area contributed by atoms with Crippen LogP contribution < -0.4 is 20.7 Å². The molecule has 3 rings (SSSR count). The molecule has 0 atom stereocenters. The van der Waals surface area contributed by atoms with Gasteiger partial charge in [-0.15, -0.1) is 24.0 Å². The average molecular weight is 472 g/mol. The lowest BCUT2D eigenvalue weighted by atomic mass is 10.2. The normalized spacial score (nSPS) is 17.3. The van der Waals surface area contributed by atoms with Gasteiger partial charge in [-0.05, 0) is 43.4 Å². The summed E-state index contributed by atoms with van der Waals surface area (Å²) >= 11 is 0. The van der Waals surface area contributed by atoms with Crippen LogP contribution in [0.25, 0.3) is 0 Å². The fourth-order valence-corrected chi connectivity index (χ4v) is 3.04. The van der Waals surface area contributed by atoms with Crippen LogP contribution in [-0.4, -0.2) is 37.6 Å². The first-order valence-electron chi connectivity index (χ1n) is 9.21. The van der Waals surface area contributed by atoms with Gasteiger partial charge in [0.15, 0.2) is 12.6 Å². The van der Waals surface area contributed by atoms with Gasteiger partial charge in [-0.25, -0.2) is 0 Å². The van der Waals surface area contributed by atoms with E-state index in [-0.39, 0.29) is 36.5 Å². The lowest BCUT2D eigenvalue weighted by Crippen LogP contribution is -2.41. The topological polar surface area (TPSA) is 74.8 Å². The molecule has 2 aliphatic carbocycles. The van der Waals surface area contributed by atoms with Crippen LogP contribution in [-0.2, 0) is 11.3 Å². The highest BCUT2D eigenvalue weighted by molar-refractivity contribution is 14.0. The molecule has 3 N–H and O–H groups in total. The Bertz CT molecular complexity index is 613. The average Bonchev–Trinajstić information content (AvgIpc) is 3.29. The summed E-state index contributed by atoms with van der Waals surface area (Å²) in [6.45, 7) is 0.732. The zero-order valence-corrected chi connectivity index (χ0v) is 17.6. The highest BCUT2D eigenvalue weighted by atomic mass is 127. The Morgan fingerprint density at radius 2 is 1.88 bits per heavy atom. The number of nitrogens with zero attached hydrogens (tertiary/aromatic N) is 1. The summed E-state index contributed by atoms with van der Waals surface area (Å²) in [5, 5.41) is 9.73. The van der Waals surface area contributed by atoms with Crippen molar-refractivity contribution in [2.75, 3.05) is 13.7 Å². The van der Waals surface area contributed by atoms with E-state index in [1.807, 2.05) is 24.3 Å². The molecule has 1 aromatic carbocycles. The first kappa shape index (κ1) is 20.8. The molecule has 144 valence electrons. The van der Waals surface area contributed by atoms with Gasteiger partial charge in [0.2, 0.25) is 0 Å². The second kappa shape index (κ2) is 10.6. The SMILES string of the molecule is CN=C(NCc1cccc(OCC(=O)NC2CC2)c1)NC1CCCC1.I. The number of amides is 1. The van der Waals surface area contributed by atoms with Gasteiger partial charge < -0.3 is 20.7 Å². The molecular formula is C19H29IN4O2. The van der Waals surface area contributed by atoms with E-state index in [2.05, 4.69) is 20.9 Å². The van der Waals surface area contributed by atoms with E-state index in [1.165, 1.54) is 25.7 Å². The van der Waals surface area contributed by atoms with Crippen LogP contribution in [0.5, 0.6) is 5.75 Å². The molecule has 6 nitrogen and oxygen atoms in total. The number of ether oxygens (including phenoxy) is 1. The standard InChI is InChI=1S/C19H28N4O2.HI/c1-20-19(23-15-6-2-3-7-15)21-12-14-5-4-8-17(11-14)25-13-18(24)22-16-9-10-16;/h4-5,8,11,15-16H,2-3,6-7,9-10,12-13H2,1H3,(H,22,24)(H2,20,21,23);1H. The molecule has 0 saturated heterocycles. The van der Waals surface area contributed by atoms with E-state index in [0.717, 1.165) is 24.4 Å². The summed E-state index contributed by atoms with van der Waals surface area (Å²) in [4.78, 5) is 16.0. The second-order valence-corrected chi connectivity index (χ2v) is 6.83. The van der Waals surface area contributed by atoms with Gasteiger partial charge in [0.05, 0.1) is 0 Å². The quantitative estimate of drug-likeness (QED) is 0.324. The molecule has 0 spiro atoms.